The summed E-state index contributed by atoms with van der Waals surface area (Å²) in [5, 5.41) is 2.50. The highest BCUT2D eigenvalue weighted by Gasteiger charge is 2.05. The molecule has 0 aromatic carbocycles. The molecule has 4 heteroatoms. The van der Waals surface area contributed by atoms with Crippen LogP contribution >= 0.6 is 0 Å². The van der Waals surface area contributed by atoms with Crippen molar-refractivity contribution in [1.82, 2.24) is 0 Å². The summed E-state index contributed by atoms with van der Waals surface area (Å²) in [6.45, 7) is 2.79. The molecule has 1 aromatic heterocycles. The summed E-state index contributed by atoms with van der Waals surface area (Å²) in [4.78, 5) is 21.3. The smallest absolute Gasteiger partial charge is 0.221 e. The standard InChI is InChI=1S/C8H9NO3/c1-5(10)8-3-7(4-12-8)9-6(2)11/h3-4H,1-2H3,(H,9,11). The Balaban J connectivity index is 2.77. The van der Waals surface area contributed by atoms with Crippen molar-refractivity contribution in [2.75, 3.05) is 5.32 Å². The third-order valence-electron chi connectivity index (χ3n) is 1.27. The molecular weight excluding hydrogens is 158 g/mol. The summed E-state index contributed by atoms with van der Waals surface area (Å²) < 4.78 is 4.86. The van der Waals surface area contributed by atoms with Gasteiger partial charge in [-0.3, -0.25) is 9.59 Å². The van der Waals surface area contributed by atoms with Crippen molar-refractivity contribution < 1.29 is 14.0 Å². The highest BCUT2D eigenvalue weighted by molar-refractivity contribution is 5.94. The van der Waals surface area contributed by atoms with E-state index in [-0.39, 0.29) is 17.5 Å². The lowest BCUT2D eigenvalue weighted by Crippen LogP contribution is -2.04. The molecule has 1 amide bonds. The lowest BCUT2D eigenvalue weighted by molar-refractivity contribution is -0.114. The van der Waals surface area contributed by atoms with Gasteiger partial charge in [0, 0.05) is 19.9 Å². The monoisotopic (exact) mass is 167 g/mol. The molecule has 4 nitrogen and oxygen atoms in total. The van der Waals surface area contributed by atoms with Gasteiger partial charge >= 0.3 is 0 Å². The highest BCUT2D eigenvalue weighted by Crippen LogP contribution is 2.13. The SMILES string of the molecule is CC(=O)Nc1coc(C(C)=O)c1. The summed E-state index contributed by atoms with van der Waals surface area (Å²) in [5.41, 5.74) is 0.507. The predicted molar refractivity (Wildman–Crippen MR) is 43.0 cm³/mol. The maximum atomic E-state index is 10.7. The summed E-state index contributed by atoms with van der Waals surface area (Å²) in [6.07, 6.45) is 1.33. The normalized spacial score (nSPS) is 9.50. The van der Waals surface area contributed by atoms with Gasteiger partial charge in [-0.15, -0.1) is 0 Å². The molecule has 0 aliphatic rings. The Labute approximate surface area is 69.6 Å². The number of hydrogen-bond donors (Lipinski definition) is 1. The number of ketones is 1. The van der Waals surface area contributed by atoms with E-state index in [0.29, 0.717) is 5.69 Å². The third-order valence-corrected chi connectivity index (χ3v) is 1.27. The van der Waals surface area contributed by atoms with E-state index in [0.717, 1.165) is 0 Å². The van der Waals surface area contributed by atoms with E-state index >= 15 is 0 Å². The van der Waals surface area contributed by atoms with E-state index in [2.05, 4.69) is 5.32 Å². The van der Waals surface area contributed by atoms with Crippen molar-refractivity contribution in [3.8, 4) is 0 Å². The summed E-state index contributed by atoms with van der Waals surface area (Å²) in [7, 11) is 0. The van der Waals surface area contributed by atoms with Crippen LogP contribution in [0.2, 0.25) is 0 Å². The third kappa shape index (κ3) is 1.95. The Hall–Kier alpha value is -1.58. The fraction of sp³-hybridized carbons (Fsp3) is 0.250. The number of Topliss-reactive ketones (excluding diaryl/α,β-unsaturated/α-hetero) is 1. The van der Waals surface area contributed by atoms with Crippen LogP contribution in [0, 0.1) is 0 Å². The van der Waals surface area contributed by atoms with Crippen molar-refractivity contribution in [2.45, 2.75) is 13.8 Å². The van der Waals surface area contributed by atoms with E-state index in [1.165, 1.54) is 26.2 Å². The maximum Gasteiger partial charge on any atom is 0.221 e. The van der Waals surface area contributed by atoms with Gasteiger partial charge in [-0.1, -0.05) is 0 Å². The number of nitrogens with one attached hydrogen (secondary N) is 1. The molecule has 64 valence electrons. The highest BCUT2D eigenvalue weighted by atomic mass is 16.3. The second-order valence-electron chi connectivity index (χ2n) is 2.44. The summed E-state index contributed by atoms with van der Waals surface area (Å²) >= 11 is 0. The van der Waals surface area contributed by atoms with Gasteiger partial charge in [-0.2, -0.15) is 0 Å². The molecule has 0 unspecified atom stereocenters. The molecule has 1 N–H and O–H groups in total. The molecule has 1 aromatic rings. The van der Waals surface area contributed by atoms with Gasteiger partial charge in [0.15, 0.2) is 11.5 Å². The van der Waals surface area contributed by atoms with Gasteiger partial charge in [0.2, 0.25) is 5.91 Å². The second-order valence-corrected chi connectivity index (χ2v) is 2.44. The number of hydrogen-bond acceptors (Lipinski definition) is 3. The van der Waals surface area contributed by atoms with Crippen LogP contribution in [0.25, 0.3) is 0 Å². The zero-order valence-corrected chi connectivity index (χ0v) is 6.88. The number of anilines is 1. The Morgan fingerprint density at radius 2 is 2.08 bits per heavy atom. The Morgan fingerprint density at radius 1 is 1.42 bits per heavy atom. The van der Waals surface area contributed by atoms with Crippen LogP contribution in [0.5, 0.6) is 0 Å². The molecule has 0 saturated heterocycles. The largest absolute Gasteiger partial charge is 0.459 e. The average Bonchev–Trinajstić information content (AvgIpc) is 2.34. The molecule has 1 rings (SSSR count). The van der Waals surface area contributed by atoms with Crippen LogP contribution in [-0.4, -0.2) is 11.7 Å². The van der Waals surface area contributed by atoms with Crippen LogP contribution in [0.3, 0.4) is 0 Å². The lowest BCUT2D eigenvalue weighted by Gasteiger charge is -1.92. The van der Waals surface area contributed by atoms with Gasteiger partial charge in [0.1, 0.15) is 6.26 Å². The van der Waals surface area contributed by atoms with Crippen LogP contribution in [0.1, 0.15) is 24.4 Å². The molecule has 0 aliphatic carbocycles. The minimum atomic E-state index is -0.189. The Kier molecular flexibility index (Phi) is 2.28. The van der Waals surface area contributed by atoms with Crippen molar-refractivity contribution in [3.05, 3.63) is 18.1 Å². The molecule has 0 spiro atoms. The second kappa shape index (κ2) is 3.21. The molecule has 1 heterocycles. The first-order valence-corrected chi connectivity index (χ1v) is 3.46. The topological polar surface area (TPSA) is 59.3 Å². The molecule has 0 radical (unpaired) electrons. The number of carbonyl (C=O) groups excluding carboxylic acids is 2. The van der Waals surface area contributed by atoms with E-state index in [9.17, 15) is 9.59 Å². The van der Waals surface area contributed by atoms with Crippen molar-refractivity contribution in [2.24, 2.45) is 0 Å². The van der Waals surface area contributed by atoms with Crippen LogP contribution in [0.4, 0.5) is 5.69 Å². The first kappa shape index (κ1) is 8.52. The van der Waals surface area contributed by atoms with Gasteiger partial charge in [0.25, 0.3) is 0 Å². The molecule has 0 bridgehead atoms. The van der Waals surface area contributed by atoms with Gasteiger partial charge in [-0.05, 0) is 0 Å². The number of rotatable bonds is 2. The molecular formula is C8H9NO3. The van der Waals surface area contributed by atoms with Crippen LogP contribution in [-0.2, 0) is 4.79 Å². The van der Waals surface area contributed by atoms with Gasteiger partial charge in [-0.25, -0.2) is 0 Å². The van der Waals surface area contributed by atoms with Gasteiger partial charge in [0.05, 0.1) is 5.69 Å². The quantitative estimate of drug-likeness (QED) is 0.678. The molecule has 0 saturated carbocycles. The first-order valence-electron chi connectivity index (χ1n) is 3.46. The fourth-order valence-electron chi connectivity index (χ4n) is 0.790. The van der Waals surface area contributed by atoms with E-state index in [1.54, 1.807) is 0 Å². The van der Waals surface area contributed by atoms with E-state index in [1.807, 2.05) is 0 Å². The maximum absolute atomic E-state index is 10.7. The van der Waals surface area contributed by atoms with Crippen molar-refractivity contribution in [3.63, 3.8) is 0 Å². The van der Waals surface area contributed by atoms with Crippen LogP contribution < -0.4 is 5.32 Å². The molecule has 0 atom stereocenters. The minimum absolute atomic E-state index is 0.161. The zero-order chi connectivity index (χ0) is 9.14. The lowest BCUT2D eigenvalue weighted by atomic mass is 10.3. The zero-order valence-electron chi connectivity index (χ0n) is 6.88. The van der Waals surface area contributed by atoms with Crippen molar-refractivity contribution in [1.29, 1.82) is 0 Å². The predicted octanol–water partition coefficient (Wildman–Crippen LogP) is 1.44. The molecule has 12 heavy (non-hydrogen) atoms. The number of amides is 1. The van der Waals surface area contributed by atoms with E-state index < -0.39 is 0 Å². The summed E-state index contributed by atoms with van der Waals surface area (Å²) in [6, 6.07) is 1.49. The van der Waals surface area contributed by atoms with Crippen LogP contribution in [0.15, 0.2) is 16.7 Å². The minimum Gasteiger partial charge on any atom is -0.459 e. The molecule has 0 fully saturated rings. The number of furan rings is 1. The Morgan fingerprint density at radius 3 is 2.50 bits per heavy atom. The number of carbonyl (C=O) groups is 2. The average molecular weight is 167 g/mol. The first-order chi connectivity index (χ1) is 5.59. The van der Waals surface area contributed by atoms with E-state index in [4.69, 9.17) is 4.42 Å². The Bertz CT molecular complexity index is 314. The van der Waals surface area contributed by atoms with Gasteiger partial charge < -0.3 is 9.73 Å². The summed E-state index contributed by atoms with van der Waals surface area (Å²) in [5.74, 6) is -0.101. The molecule has 0 aliphatic heterocycles. The fourth-order valence-corrected chi connectivity index (χ4v) is 0.790. The van der Waals surface area contributed by atoms with Crippen molar-refractivity contribution >= 4 is 17.4 Å².